The highest BCUT2D eigenvalue weighted by Gasteiger charge is 2.15. The standard InChI is InChI=1S/C15H19N3O2S/c1-10(8-19)11(2)17-14(20)6-13-9-21-15(18-13)12-4-3-5-16-7-12/h3-5,7,9-11,19H,6,8H2,1-2H3,(H,17,20). The Morgan fingerprint density at radius 2 is 2.29 bits per heavy atom. The van der Waals surface area contributed by atoms with Gasteiger partial charge in [-0.1, -0.05) is 6.92 Å². The monoisotopic (exact) mass is 305 g/mol. The first-order valence-corrected chi connectivity index (χ1v) is 7.73. The number of aromatic nitrogens is 2. The predicted molar refractivity (Wildman–Crippen MR) is 82.9 cm³/mol. The highest BCUT2D eigenvalue weighted by molar-refractivity contribution is 7.13. The van der Waals surface area contributed by atoms with Gasteiger partial charge in [0.2, 0.25) is 5.91 Å². The van der Waals surface area contributed by atoms with Crippen LogP contribution in [-0.2, 0) is 11.2 Å². The van der Waals surface area contributed by atoms with Crippen LogP contribution in [0.5, 0.6) is 0 Å². The Morgan fingerprint density at radius 1 is 1.48 bits per heavy atom. The van der Waals surface area contributed by atoms with Gasteiger partial charge in [0.25, 0.3) is 0 Å². The Bertz CT molecular complexity index is 586. The molecule has 0 saturated heterocycles. The molecule has 0 aliphatic carbocycles. The molecule has 5 nitrogen and oxygen atoms in total. The minimum atomic E-state index is -0.0779. The molecule has 2 N–H and O–H groups in total. The van der Waals surface area contributed by atoms with Gasteiger partial charge in [-0.2, -0.15) is 0 Å². The maximum absolute atomic E-state index is 11.9. The maximum atomic E-state index is 11.9. The number of rotatable bonds is 6. The number of carbonyl (C=O) groups excluding carboxylic acids is 1. The first-order valence-electron chi connectivity index (χ1n) is 6.85. The van der Waals surface area contributed by atoms with Crippen molar-refractivity contribution < 1.29 is 9.90 Å². The first kappa shape index (κ1) is 15.6. The summed E-state index contributed by atoms with van der Waals surface area (Å²) >= 11 is 1.50. The Balaban J connectivity index is 1.95. The van der Waals surface area contributed by atoms with E-state index in [9.17, 15) is 4.79 Å². The summed E-state index contributed by atoms with van der Waals surface area (Å²) in [5.41, 5.74) is 1.71. The lowest BCUT2D eigenvalue weighted by atomic mass is 10.1. The molecule has 6 heteroatoms. The smallest absolute Gasteiger partial charge is 0.226 e. The van der Waals surface area contributed by atoms with Crippen molar-refractivity contribution in [3.8, 4) is 10.6 Å². The number of hydrogen-bond acceptors (Lipinski definition) is 5. The van der Waals surface area contributed by atoms with E-state index in [4.69, 9.17) is 5.11 Å². The molecule has 0 aliphatic heterocycles. The van der Waals surface area contributed by atoms with Gasteiger partial charge in [0, 0.05) is 36.0 Å². The van der Waals surface area contributed by atoms with Crippen molar-refractivity contribution in [2.45, 2.75) is 26.3 Å². The quantitative estimate of drug-likeness (QED) is 0.854. The fraction of sp³-hybridized carbons (Fsp3) is 0.400. The molecule has 0 aromatic carbocycles. The molecule has 2 rings (SSSR count). The lowest BCUT2D eigenvalue weighted by Crippen LogP contribution is -2.39. The van der Waals surface area contributed by atoms with Crippen LogP contribution in [0.25, 0.3) is 10.6 Å². The highest BCUT2D eigenvalue weighted by Crippen LogP contribution is 2.22. The van der Waals surface area contributed by atoms with E-state index in [-0.39, 0.29) is 30.9 Å². The van der Waals surface area contributed by atoms with Crippen molar-refractivity contribution in [2.24, 2.45) is 5.92 Å². The molecule has 0 saturated carbocycles. The van der Waals surface area contributed by atoms with E-state index in [1.165, 1.54) is 11.3 Å². The van der Waals surface area contributed by atoms with Gasteiger partial charge in [0.05, 0.1) is 12.1 Å². The summed E-state index contributed by atoms with van der Waals surface area (Å²) in [5, 5.41) is 14.7. The minimum Gasteiger partial charge on any atom is -0.396 e. The number of carbonyl (C=O) groups is 1. The third-order valence-corrected chi connectivity index (χ3v) is 4.27. The molecule has 0 bridgehead atoms. The van der Waals surface area contributed by atoms with Crippen LogP contribution in [0.1, 0.15) is 19.5 Å². The number of amides is 1. The van der Waals surface area contributed by atoms with Crippen molar-refractivity contribution in [1.82, 2.24) is 15.3 Å². The summed E-state index contributed by atoms with van der Waals surface area (Å²) in [6.07, 6.45) is 3.72. The Kier molecular flexibility index (Phi) is 5.41. The van der Waals surface area contributed by atoms with E-state index in [1.54, 1.807) is 12.4 Å². The van der Waals surface area contributed by atoms with Crippen LogP contribution in [0.15, 0.2) is 29.9 Å². The molecule has 0 radical (unpaired) electrons. The van der Waals surface area contributed by atoms with Crippen LogP contribution in [0, 0.1) is 5.92 Å². The molecule has 2 unspecified atom stereocenters. The zero-order valence-electron chi connectivity index (χ0n) is 12.1. The fourth-order valence-corrected chi connectivity index (χ4v) is 2.59. The summed E-state index contributed by atoms with van der Waals surface area (Å²) in [6.45, 7) is 3.85. The lowest BCUT2D eigenvalue weighted by molar-refractivity contribution is -0.121. The summed E-state index contributed by atoms with van der Waals surface area (Å²) in [4.78, 5) is 20.5. The maximum Gasteiger partial charge on any atom is 0.226 e. The van der Waals surface area contributed by atoms with Crippen LogP contribution in [0.3, 0.4) is 0 Å². The van der Waals surface area contributed by atoms with Crippen LogP contribution >= 0.6 is 11.3 Å². The molecule has 112 valence electrons. The molecule has 2 aromatic rings. The Morgan fingerprint density at radius 3 is 2.95 bits per heavy atom. The number of hydrogen-bond donors (Lipinski definition) is 2. The number of nitrogens with one attached hydrogen (secondary N) is 1. The van der Waals surface area contributed by atoms with Gasteiger partial charge in [-0.15, -0.1) is 11.3 Å². The average Bonchev–Trinajstić information content (AvgIpc) is 2.95. The molecular weight excluding hydrogens is 286 g/mol. The third-order valence-electron chi connectivity index (χ3n) is 3.33. The van der Waals surface area contributed by atoms with Crippen molar-refractivity contribution in [3.05, 3.63) is 35.6 Å². The van der Waals surface area contributed by atoms with Gasteiger partial charge < -0.3 is 10.4 Å². The summed E-state index contributed by atoms with van der Waals surface area (Å²) < 4.78 is 0. The second kappa shape index (κ2) is 7.28. The Hall–Kier alpha value is -1.79. The average molecular weight is 305 g/mol. The molecule has 0 fully saturated rings. The molecule has 2 heterocycles. The normalized spacial score (nSPS) is 13.7. The zero-order chi connectivity index (χ0) is 15.2. The summed E-state index contributed by atoms with van der Waals surface area (Å²) in [5.74, 6) is -0.0406. The largest absolute Gasteiger partial charge is 0.396 e. The van der Waals surface area contributed by atoms with Gasteiger partial charge in [0.15, 0.2) is 0 Å². The van der Waals surface area contributed by atoms with Crippen LogP contribution < -0.4 is 5.32 Å². The summed E-state index contributed by atoms with van der Waals surface area (Å²) in [7, 11) is 0. The van der Waals surface area contributed by atoms with Crippen molar-refractivity contribution in [1.29, 1.82) is 0 Å². The number of aliphatic hydroxyl groups excluding tert-OH is 1. The van der Waals surface area contributed by atoms with Gasteiger partial charge >= 0.3 is 0 Å². The molecule has 2 aromatic heterocycles. The third kappa shape index (κ3) is 4.34. The first-order chi connectivity index (χ1) is 10.1. The van der Waals surface area contributed by atoms with Crippen molar-refractivity contribution >= 4 is 17.2 Å². The van der Waals surface area contributed by atoms with E-state index in [0.717, 1.165) is 16.3 Å². The van der Waals surface area contributed by atoms with E-state index >= 15 is 0 Å². The molecular formula is C15H19N3O2S. The minimum absolute atomic E-state index is 0.0374. The topological polar surface area (TPSA) is 75.1 Å². The zero-order valence-corrected chi connectivity index (χ0v) is 12.9. The highest BCUT2D eigenvalue weighted by atomic mass is 32.1. The Labute approximate surface area is 128 Å². The fourth-order valence-electron chi connectivity index (χ4n) is 1.78. The van der Waals surface area contributed by atoms with E-state index in [0.29, 0.717) is 0 Å². The number of thiazole rings is 1. The van der Waals surface area contributed by atoms with E-state index in [2.05, 4.69) is 15.3 Å². The van der Waals surface area contributed by atoms with Crippen LogP contribution in [0.4, 0.5) is 0 Å². The van der Waals surface area contributed by atoms with Gasteiger partial charge in [-0.25, -0.2) is 4.98 Å². The molecule has 0 spiro atoms. The van der Waals surface area contributed by atoms with Gasteiger partial charge in [-0.05, 0) is 25.0 Å². The van der Waals surface area contributed by atoms with E-state index < -0.39 is 0 Å². The number of pyridine rings is 1. The van der Waals surface area contributed by atoms with Crippen molar-refractivity contribution in [3.63, 3.8) is 0 Å². The van der Waals surface area contributed by atoms with E-state index in [1.807, 2.05) is 31.4 Å². The lowest BCUT2D eigenvalue weighted by Gasteiger charge is -2.18. The molecule has 21 heavy (non-hydrogen) atoms. The van der Waals surface area contributed by atoms with Crippen LogP contribution in [0.2, 0.25) is 0 Å². The van der Waals surface area contributed by atoms with Gasteiger partial charge in [-0.3, -0.25) is 9.78 Å². The summed E-state index contributed by atoms with van der Waals surface area (Å²) in [6, 6.07) is 3.75. The van der Waals surface area contributed by atoms with Gasteiger partial charge in [0.1, 0.15) is 5.01 Å². The SMILES string of the molecule is CC(CO)C(C)NC(=O)Cc1csc(-c2cccnc2)n1. The van der Waals surface area contributed by atoms with Crippen LogP contribution in [-0.4, -0.2) is 33.6 Å². The molecule has 1 amide bonds. The molecule has 0 aliphatic rings. The number of nitrogens with zero attached hydrogens (tertiary/aromatic N) is 2. The predicted octanol–water partition coefficient (Wildman–Crippen LogP) is 1.88. The molecule has 2 atom stereocenters. The van der Waals surface area contributed by atoms with Crippen molar-refractivity contribution in [2.75, 3.05) is 6.61 Å². The second-order valence-electron chi connectivity index (χ2n) is 5.08. The second-order valence-corrected chi connectivity index (χ2v) is 5.94. The number of aliphatic hydroxyl groups is 1.